The molecular weight excluding hydrogens is 430 g/mol. The van der Waals surface area contributed by atoms with Crippen molar-refractivity contribution in [3.05, 3.63) is 66.4 Å². The number of pyridine rings is 1. The third-order valence-corrected chi connectivity index (χ3v) is 6.90. The van der Waals surface area contributed by atoms with Gasteiger partial charge in [0.1, 0.15) is 17.2 Å². The van der Waals surface area contributed by atoms with Crippen molar-refractivity contribution < 1.29 is 23.1 Å². The van der Waals surface area contributed by atoms with E-state index in [4.69, 9.17) is 4.74 Å². The van der Waals surface area contributed by atoms with E-state index in [9.17, 15) is 18.3 Å². The van der Waals surface area contributed by atoms with Gasteiger partial charge in [0.2, 0.25) is 0 Å². The van der Waals surface area contributed by atoms with Gasteiger partial charge in [0, 0.05) is 17.8 Å². The molecule has 32 heavy (non-hydrogen) atoms. The van der Waals surface area contributed by atoms with E-state index in [-0.39, 0.29) is 10.6 Å². The van der Waals surface area contributed by atoms with Crippen molar-refractivity contribution >= 4 is 26.8 Å². The van der Waals surface area contributed by atoms with Crippen LogP contribution in [0.1, 0.15) is 25.3 Å². The number of carboxylic acids is 1. The summed E-state index contributed by atoms with van der Waals surface area (Å²) >= 11 is 0. The zero-order chi connectivity index (χ0) is 22.9. The van der Waals surface area contributed by atoms with Crippen molar-refractivity contribution in [2.24, 2.45) is 0 Å². The lowest BCUT2D eigenvalue weighted by atomic mass is 9.99. The third kappa shape index (κ3) is 4.19. The van der Waals surface area contributed by atoms with Crippen LogP contribution < -0.4 is 4.74 Å². The number of H-pyrrole nitrogens is 1. The van der Waals surface area contributed by atoms with Crippen molar-refractivity contribution in [3.8, 4) is 23.0 Å². The lowest BCUT2D eigenvalue weighted by Crippen LogP contribution is -2.09. The highest BCUT2D eigenvalue weighted by atomic mass is 32.2. The van der Waals surface area contributed by atoms with E-state index in [1.807, 2.05) is 18.2 Å². The molecule has 0 aliphatic rings. The van der Waals surface area contributed by atoms with E-state index in [1.54, 1.807) is 44.3 Å². The number of carbonyl (C=O) groups is 1. The first kappa shape index (κ1) is 21.5. The first-order valence-electron chi connectivity index (χ1n) is 9.97. The lowest BCUT2D eigenvalue weighted by Gasteiger charge is -2.14. The van der Waals surface area contributed by atoms with E-state index in [2.05, 4.69) is 15.0 Å². The van der Waals surface area contributed by atoms with Gasteiger partial charge in [-0.15, -0.1) is 0 Å². The normalized spacial score (nSPS) is 12.6. The molecular formula is C23H21N3O5S. The maximum atomic E-state index is 12.0. The van der Waals surface area contributed by atoms with Crippen LogP contribution in [-0.2, 0) is 14.6 Å². The minimum Gasteiger partial charge on any atom is -0.481 e. The average molecular weight is 452 g/mol. The van der Waals surface area contributed by atoms with Crippen molar-refractivity contribution in [1.82, 2.24) is 15.0 Å². The maximum Gasteiger partial charge on any atom is 0.310 e. The van der Waals surface area contributed by atoms with E-state index < -0.39 is 21.7 Å². The Labute approximate surface area is 184 Å². The second-order valence-corrected chi connectivity index (χ2v) is 9.52. The van der Waals surface area contributed by atoms with Gasteiger partial charge in [0.15, 0.2) is 15.7 Å². The van der Waals surface area contributed by atoms with Gasteiger partial charge >= 0.3 is 5.97 Å². The second-order valence-electron chi connectivity index (χ2n) is 7.24. The summed E-state index contributed by atoms with van der Waals surface area (Å²) in [4.78, 5) is 23.9. The van der Waals surface area contributed by atoms with Gasteiger partial charge in [-0.1, -0.05) is 13.0 Å². The molecule has 164 valence electrons. The zero-order valence-corrected chi connectivity index (χ0v) is 18.3. The molecule has 9 heteroatoms. The number of benzene rings is 2. The minimum atomic E-state index is -3.33. The van der Waals surface area contributed by atoms with Gasteiger partial charge in [-0.2, -0.15) is 0 Å². The molecule has 0 saturated carbocycles. The van der Waals surface area contributed by atoms with Gasteiger partial charge in [0.05, 0.1) is 27.6 Å². The maximum absolute atomic E-state index is 12.0. The third-order valence-electron chi connectivity index (χ3n) is 5.15. The van der Waals surface area contributed by atoms with E-state index >= 15 is 0 Å². The highest BCUT2D eigenvalue weighted by Crippen LogP contribution is 2.35. The number of ether oxygens (including phenoxy) is 1. The lowest BCUT2D eigenvalue weighted by molar-refractivity contribution is -0.138. The number of imidazole rings is 1. The van der Waals surface area contributed by atoms with Crippen LogP contribution in [0.15, 0.2) is 65.7 Å². The fraction of sp³-hybridized carbons (Fsp3) is 0.174. The molecule has 0 radical (unpaired) electrons. The summed E-state index contributed by atoms with van der Waals surface area (Å²) in [6.07, 6.45) is 1.66. The van der Waals surface area contributed by atoms with Crippen LogP contribution in [0.3, 0.4) is 0 Å². The molecule has 0 amide bonds. The Morgan fingerprint density at radius 1 is 1.16 bits per heavy atom. The fourth-order valence-electron chi connectivity index (χ4n) is 3.25. The number of aromatic nitrogens is 3. The molecule has 4 rings (SSSR count). The highest BCUT2D eigenvalue weighted by molar-refractivity contribution is 7.91. The summed E-state index contributed by atoms with van der Waals surface area (Å²) in [7, 11) is -3.33. The Bertz CT molecular complexity index is 1380. The Morgan fingerprint density at radius 2 is 1.91 bits per heavy atom. The number of nitrogens with one attached hydrogen (secondary N) is 1. The van der Waals surface area contributed by atoms with Crippen LogP contribution >= 0.6 is 0 Å². The topological polar surface area (TPSA) is 122 Å². The van der Waals surface area contributed by atoms with Gasteiger partial charge in [-0.05, 0) is 49.4 Å². The second kappa shape index (κ2) is 8.43. The largest absolute Gasteiger partial charge is 0.481 e. The van der Waals surface area contributed by atoms with Crippen molar-refractivity contribution in [2.45, 2.75) is 24.7 Å². The Hall–Kier alpha value is -3.72. The monoisotopic (exact) mass is 451 g/mol. The SMILES string of the molecule is CCS(=O)(=O)c1ccc(Oc2cc3nc(-c4ccccn4)[nH]c3cc2C(C)C(=O)O)cc1. The van der Waals surface area contributed by atoms with Gasteiger partial charge < -0.3 is 14.8 Å². The number of fused-ring (bicyclic) bond motifs is 1. The number of nitrogens with zero attached hydrogens (tertiary/aromatic N) is 2. The number of hydrogen-bond donors (Lipinski definition) is 2. The van der Waals surface area contributed by atoms with Crippen LogP contribution in [0.25, 0.3) is 22.6 Å². The van der Waals surface area contributed by atoms with Crippen LogP contribution in [0.2, 0.25) is 0 Å². The first-order chi connectivity index (χ1) is 15.3. The van der Waals surface area contributed by atoms with E-state index in [0.29, 0.717) is 39.6 Å². The molecule has 0 aliphatic heterocycles. The Morgan fingerprint density at radius 3 is 2.53 bits per heavy atom. The average Bonchev–Trinajstić information content (AvgIpc) is 3.22. The molecule has 2 aromatic heterocycles. The number of hydrogen-bond acceptors (Lipinski definition) is 6. The summed E-state index contributed by atoms with van der Waals surface area (Å²) in [5, 5.41) is 9.58. The first-order valence-corrected chi connectivity index (χ1v) is 11.6. The predicted molar refractivity (Wildman–Crippen MR) is 120 cm³/mol. The minimum absolute atomic E-state index is 0.00189. The summed E-state index contributed by atoms with van der Waals surface area (Å²) in [6.45, 7) is 3.15. The molecule has 2 aromatic carbocycles. The van der Waals surface area contributed by atoms with Gasteiger partial charge in [0.25, 0.3) is 0 Å². The number of aromatic amines is 1. The Balaban J connectivity index is 1.76. The predicted octanol–water partition coefficient (Wildman–Crippen LogP) is 4.40. The van der Waals surface area contributed by atoms with Crippen LogP contribution in [-0.4, -0.2) is 40.2 Å². The molecule has 1 unspecified atom stereocenters. The molecule has 0 bridgehead atoms. The molecule has 4 aromatic rings. The summed E-state index contributed by atoms with van der Waals surface area (Å²) in [6, 6.07) is 14.9. The quantitative estimate of drug-likeness (QED) is 0.427. The summed E-state index contributed by atoms with van der Waals surface area (Å²) in [5.74, 6) is -0.557. The molecule has 0 fully saturated rings. The molecule has 8 nitrogen and oxygen atoms in total. The molecule has 1 atom stereocenters. The van der Waals surface area contributed by atoms with Gasteiger partial charge in [-0.25, -0.2) is 13.4 Å². The van der Waals surface area contributed by atoms with Crippen molar-refractivity contribution in [1.29, 1.82) is 0 Å². The highest BCUT2D eigenvalue weighted by Gasteiger charge is 2.22. The molecule has 2 N–H and O–H groups in total. The van der Waals surface area contributed by atoms with E-state index in [1.165, 1.54) is 12.1 Å². The van der Waals surface area contributed by atoms with Crippen LogP contribution in [0.4, 0.5) is 0 Å². The summed E-state index contributed by atoms with van der Waals surface area (Å²) in [5.41, 5.74) is 2.37. The smallest absolute Gasteiger partial charge is 0.310 e. The van der Waals surface area contributed by atoms with Crippen LogP contribution in [0, 0.1) is 0 Å². The fourth-order valence-corrected chi connectivity index (χ4v) is 4.13. The molecule has 0 aliphatic carbocycles. The van der Waals surface area contributed by atoms with Crippen molar-refractivity contribution in [3.63, 3.8) is 0 Å². The number of sulfone groups is 1. The molecule has 0 saturated heterocycles. The number of aliphatic carboxylic acids is 1. The zero-order valence-electron chi connectivity index (χ0n) is 17.4. The van der Waals surface area contributed by atoms with Crippen molar-refractivity contribution in [2.75, 3.05) is 5.75 Å². The standard InChI is InChI=1S/C23H21N3O5S/c1-3-32(29,30)16-9-7-15(8-10-16)31-21-13-20-19(12-17(21)14(2)23(27)28)25-22(26-20)18-6-4-5-11-24-18/h4-14H,3H2,1-2H3,(H,25,26)(H,27,28). The number of rotatable bonds is 7. The number of carboxylic acid groups (broad SMARTS) is 1. The van der Waals surface area contributed by atoms with E-state index in [0.717, 1.165) is 0 Å². The van der Waals surface area contributed by atoms with Crippen LogP contribution in [0.5, 0.6) is 11.5 Å². The molecule has 2 heterocycles. The molecule has 0 spiro atoms. The summed E-state index contributed by atoms with van der Waals surface area (Å²) < 4.78 is 30.0. The van der Waals surface area contributed by atoms with Gasteiger partial charge in [-0.3, -0.25) is 9.78 Å². The Kier molecular flexibility index (Phi) is 5.67.